The first-order valence-electron chi connectivity index (χ1n) is 6.66. The predicted octanol–water partition coefficient (Wildman–Crippen LogP) is 2.22. The molecule has 0 N–H and O–H groups in total. The summed E-state index contributed by atoms with van der Waals surface area (Å²) in [6.07, 6.45) is 0.654. The zero-order chi connectivity index (χ0) is 15.5. The van der Waals surface area contributed by atoms with Crippen molar-refractivity contribution >= 4 is 39.1 Å². The van der Waals surface area contributed by atoms with Gasteiger partial charge in [-0.15, -0.1) is 11.8 Å². The van der Waals surface area contributed by atoms with Crippen LogP contribution in [0, 0.1) is 0 Å². The van der Waals surface area contributed by atoms with Gasteiger partial charge in [-0.25, -0.2) is 8.42 Å². The number of hydrogen-bond acceptors (Lipinski definition) is 4. The summed E-state index contributed by atoms with van der Waals surface area (Å²) in [6, 6.07) is 7.38. The van der Waals surface area contributed by atoms with Crippen LogP contribution in [0.25, 0.3) is 0 Å². The van der Waals surface area contributed by atoms with Crippen LogP contribution in [0.4, 0.5) is 0 Å². The molecule has 1 aliphatic heterocycles. The summed E-state index contributed by atoms with van der Waals surface area (Å²) >= 11 is 7.27. The molecule has 1 heterocycles. The molecule has 1 atom stereocenters. The molecule has 2 rings (SSSR count). The van der Waals surface area contributed by atoms with E-state index in [2.05, 4.69) is 0 Å². The minimum atomic E-state index is -2.87. The van der Waals surface area contributed by atoms with Crippen molar-refractivity contribution in [2.75, 3.05) is 24.3 Å². The van der Waals surface area contributed by atoms with E-state index in [-0.39, 0.29) is 22.7 Å². The number of nitrogens with zero attached hydrogens (tertiary/aromatic N) is 1. The molecule has 1 aliphatic rings. The fraction of sp³-hybridized carbons (Fsp3) is 0.500. The highest BCUT2D eigenvalue weighted by atomic mass is 35.5. The van der Waals surface area contributed by atoms with E-state index >= 15 is 0 Å². The van der Waals surface area contributed by atoms with Gasteiger partial charge in [0.15, 0.2) is 9.84 Å². The van der Waals surface area contributed by atoms with Crippen LogP contribution in [0.5, 0.6) is 0 Å². The Balaban J connectivity index is 1.79. The molecule has 4 nitrogen and oxygen atoms in total. The summed E-state index contributed by atoms with van der Waals surface area (Å²) in [7, 11) is -1.12. The maximum atomic E-state index is 12.1. The summed E-state index contributed by atoms with van der Waals surface area (Å²) in [6.45, 7) is 0.527. The van der Waals surface area contributed by atoms with E-state index in [9.17, 15) is 13.2 Å². The number of benzene rings is 1. The van der Waals surface area contributed by atoms with Gasteiger partial charge in [0.2, 0.25) is 5.91 Å². The number of carbonyl (C=O) groups excluding carboxylic acids is 1. The first kappa shape index (κ1) is 16.6. The lowest BCUT2D eigenvalue weighted by Gasteiger charge is -2.18. The summed E-state index contributed by atoms with van der Waals surface area (Å²) in [5.41, 5.74) is 1.02. The highest BCUT2D eigenvalue weighted by Gasteiger charge is 2.28. The third-order valence-corrected chi connectivity index (χ3v) is 6.91. The summed E-state index contributed by atoms with van der Waals surface area (Å²) in [4.78, 5) is 13.7. The molecule has 7 heteroatoms. The van der Waals surface area contributed by atoms with Crippen LogP contribution < -0.4 is 0 Å². The topological polar surface area (TPSA) is 54.5 Å². The average Bonchev–Trinajstić information content (AvgIpc) is 2.78. The van der Waals surface area contributed by atoms with Gasteiger partial charge in [-0.3, -0.25) is 4.79 Å². The normalized spacial score (nSPS) is 20.4. The highest BCUT2D eigenvalue weighted by molar-refractivity contribution is 8.02. The van der Waals surface area contributed by atoms with E-state index in [1.807, 2.05) is 12.1 Å². The van der Waals surface area contributed by atoms with Crippen LogP contribution in [0.2, 0.25) is 5.02 Å². The third kappa shape index (κ3) is 5.20. The van der Waals surface area contributed by atoms with Gasteiger partial charge in [-0.2, -0.15) is 0 Å². The summed E-state index contributed by atoms with van der Waals surface area (Å²) in [5.74, 6) is 0.787. The van der Waals surface area contributed by atoms with Crippen molar-refractivity contribution in [3.05, 3.63) is 34.9 Å². The molecule has 0 spiro atoms. The van der Waals surface area contributed by atoms with Gasteiger partial charge in [-0.05, 0) is 24.1 Å². The lowest BCUT2D eigenvalue weighted by atomic mass is 10.2. The summed E-state index contributed by atoms with van der Waals surface area (Å²) < 4.78 is 22.7. The molecular weight excluding hydrogens is 330 g/mol. The maximum absolute atomic E-state index is 12.1. The minimum absolute atomic E-state index is 0.0132. The van der Waals surface area contributed by atoms with Crippen molar-refractivity contribution in [3.63, 3.8) is 0 Å². The average molecular weight is 348 g/mol. The van der Waals surface area contributed by atoms with Gasteiger partial charge in [0.1, 0.15) is 0 Å². The lowest BCUT2D eigenvalue weighted by Crippen LogP contribution is -2.28. The number of sulfone groups is 1. The molecule has 1 unspecified atom stereocenters. The molecule has 1 amide bonds. The number of carbonyl (C=O) groups is 1. The molecule has 0 saturated carbocycles. The lowest BCUT2D eigenvalue weighted by molar-refractivity contribution is -0.127. The fourth-order valence-corrected chi connectivity index (χ4v) is 5.85. The Morgan fingerprint density at radius 1 is 1.38 bits per heavy atom. The fourth-order valence-electron chi connectivity index (χ4n) is 2.14. The number of amides is 1. The van der Waals surface area contributed by atoms with Crippen molar-refractivity contribution in [3.8, 4) is 0 Å². The Kier molecular flexibility index (Phi) is 5.57. The Labute approximate surface area is 134 Å². The second kappa shape index (κ2) is 7.03. The van der Waals surface area contributed by atoms with E-state index in [4.69, 9.17) is 11.6 Å². The van der Waals surface area contributed by atoms with Crippen molar-refractivity contribution in [1.82, 2.24) is 4.90 Å². The monoisotopic (exact) mass is 347 g/mol. The van der Waals surface area contributed by atoms with Gasteiger partial charge in [0.25, 0.3) is 0 Å². The predicted molar refractivity (Wildman–Crippen MR) is 87.4 cm³/mol. The molecule has 0 bridgehead atoms. The zero-order valence-electron chi connectivity index (χ0n) is 11.8. The SMILES string of the molecule is CN(Cc1ccc(Cl)cc1)C(=O)CSC1CCS(=O)(=O)C1. The Morgan fingerprint density at radius 2 is 2.05 bits per heavy atom. The van der Waals surface area contributed by atoms with Crippen LogP contribution in [0.3, 0.4) is 0 Å². The quantitative estimate of drug-likeness (QED) is 0.819. The third-order valence-electron chi connectivity index (χ3n) is 3.39. The molecule has 0 aliphatic carbocycles. The van der Waals surface area contributed by atoms with Crippen molar-refractivity contribution in [2.24, 2.45) is 0 Å². The second-order valence-corrected chi connectivity index (χ2v) is 9.17. The summed E-state index contributed by atoms with van der Waals surface area (Å²) in [5, 5.41) is 0.730. The van der Waals surface area contributed by atoms with E-state index in [0.717, 1.165) is 5.56 Å². The van der Waals surface area contributed by atoms with Crippen LogP contribution in [-0.4, -0.2) is 48.8 Å². The molecule has 1 saturated heterocycles. The van der Waals surface area contributed by atoms with E-state index < -0.39 is 9.84 Å². The van der Waals surface area contributed by atoms with Gasteiger partial charge < -0.3 is 4.90 Å². The van der Waals surface area contributed by atoms with Gasteiger partial charge in [0, 0.05) is 23.9 Å². The number of thioether (sulfide) groups is 1. The largest absolute Gasteiger partial charge is 0.341 e. The van der Waals surface area contributed by atoms with E-state index in [1.54, 1.807) is 24.1 Å². The Hall–Kier alpha value is -0.720. The standard InChI is InChI=1S/C14H18ClNO3S2/c1-16(8-11-2-4-12(15)5-3-11)14(17)9-20-13-6-7-21(18,19)10-13/h2-5,13H,6-10H2,1H3. The number of rotatable bonds is 5. The van der Waals surface area contributed by atoms with Crippen LogP contribution in [-0.2, 0) is 21.2 Å². The molecule has 21 heavy (non-hydrogen) atoms. The maximum Gasteiger partial charge on any atom is 0.232 e. The van der Waals surface area contributed by atoms with Gasteiger partial charge in [-0.1, -0.05) is 23.7 Å². The molecule has 1 fully saturated rings. The van der Waals surface area contributed by atoms with E-state index in [0.29, 0.717) is 23.7 Å². The first-order chi connectivity index (χ1) is 9.85. The molecular formula is C14H18ClNO3S2. The van der Waals surface area contributed by atoms with Crippen LogP contribution in [0.15, 0.2) is 24.3 Å². The van der Waals surface area contributed by atoms with Gasteiger partial charge in [0.05, 0.1) is 17.3 Å². The molecule has 0 radical (unpaired) electrons. The molecule has 1 aromatic carbocycles. The minimum Gasteiger partial charge on any atom is -0.341 e. The first-order valence-corrected chi connectivity index (χ1v) is 9.91. The van der Waals surface area contributed by atoms with Crippen LogP contribution >= 0.6 is 23.4 Å². The van der Waals surface area contributed by atoms with Crippen molar-refractivity contribution in [1.29, 1.82) is 0 Å². The highest BCUT2D eigenvalue weighted by Crippen LogP contribution is 2.24. The van der Waals surface area contributed by atoms with Crippen molar-refractivity contribution < 1.29 is 13.2 Å². The Morgan fingerprint density at radius 3 is 2.62 bits per heavy atom. The second-order valence-electron chi connectivity index (χ2n) is 5.21. The van der Waals surface area contributed by atoms with Crippen molar-refractivity contribution in [2.45, 2.75) is 18.2 Å². The molecule has 0 aromatic heterocycles. The Bertz CT molecular complexity index is 601. The van der Waals surface area contributed by atoms with Crippen LogP contribution in [0.1, 0.15) is 12.0 Å². The number of halogens is 1. The van der Waals surface area contributed by atoms with Gasteiger partial charge >= 0.3 is 0 Å². The smallest absolute Gasteiger partial charge is 0.232 e. The molecule has 1 aromatic rings. The number of hydrogen-bond donors (Lipinski definition) is 0. The molecule has 116 valence electrons. The zero-order valence-corrected chi connectivity index (χ0v) is 14.2. The van der Waals surface area contributed by atoms with E-state index in [1.165, 1.54) is 11.8 Å².